The first-order chi connectivity index (χ1) is 16.5. The molecule has 7 heteroatoms. The summed E-state index contributed by atoms with van der Waals surface area (Å²) in [6.07, 6.45) is 3.66. The first kappa shape index (κ1) is 21.9. The van der Waals surface area contributed by atoms with E-state index in [9.17, 15) is 14.4 Å². The molecule has 0 aromatic heterocycles. The van der Waals surface area contributed by atoms with Crippen LogP contribution in [0.25, 0.3) is 10.8 Å². The van der Waals surface area contributed by atoms with Gasteiger partial charge >= 0.3 is 6.03 Å². The molecule has 3 aromatic rings. The zero-order chi connectivity index (χ0) is 23.7. The molecule has 174 valence electrons. The molecule has 34 heavy (non-hydrogen) atoms. The second-order valence-electron chi connectivity index (χ2n) is 9.12. The molecule has 0 bridgehead atoms. The number of carbonyl (C=O) groups excluding carboxylic acids is 3. The molecule has 2 aliphatic heterocycles. The maximum Gasteiger partial charge on any atom is 0.325 e. The summed E-state index contributed by atoms with van der Waals surface area (Å²) >= 11 is 0. The van der Waals surface area contributed by atoms with E-state index in [1.54, 1.807) is 6.92 Å². The van der Waals surface area contributed by atoms with E-state index < -0.39 is 23.4 Å². The first-order valence-electron chi connectivity index (χ1n) is 11.7. The maximum absolute atomic E-state index is 13.3. The number of urea groups is 1. The number of rotatable bonds is 5. The van der Waals surface area contributed by atoms with E-state index in [1.807, 2.05) is 66.7 Å². The van der Waals surface area contributed by atoms with Crippen molar-refractivity contribution < 1.29 is 14.4 Å². The lowest BCUT2D eigenvalue weighted by Crippen LogP contribution is -2.42. The fourth-order valence-corrected chi connectivity index (χ4v) is 4.94. The predicted molar refractivity (Wildman–Crippen MR) is 133 cm³/mol. The summed E-state index contributed by atoms with van der Waals surface area (Å²) in [5, 5.41) is 7.48. The quantitative estimate of drug-likeness (QED) is 0.563. The fraction of sp³-hybridized carbons (Fsp3) is 0.296. The van der Waals surface area contributed by atoms with Crippen molar-refractivity contribution in [3.05, 3.63) is 72.3 Å². The highest BCUT2D eigenvalue weighted by atomic mass is 16.2. The van der Waals surface area contributed by atoms with E-state index in [2.05, 4.69) is 15.5 Å². The second-order valence-corrected chi connectivity index (χ2v) is 9.12. The van der Waals surface area contributed by atoms with Crippen molar-refractivity contribution in [3.8, 4) is 0 Å². The normalized spacial score (nSPS) is 20.5. The molecule has 0 spiro atoms. The van der Waals surface area contributed by atoms with Crippen molar-refractivity contribution >= 4 is 40.0 Å². The van der Waals surface area contributed by atoms with Crippen molar-refractivity contribution in [2.24, 2.45) is 0 Å². The number of nitrogens with zero attached hydrogens (tertiary/aromatic N) is 2. The highest BCUT2D eigenvalue weighted by Crippen LogP contribution is 2.33. The highest BCUT2D eigenvalue weighted by molar-refractivity contribution is 6.11. The average molecular weight is 457 g/mol. The number of hydrogen-bond acceptors (Lipinski definition) is 4. The van der Waals surface area contributed by atoms with Gasteiger partial charge in [-0.05, 0) is 66.8 Å². The summed E-state index contributed by atoms with van der Waals surface area (Å²) in [6.45, 7) is 3.44. The minimum absolute atomic E-state index is 0.348. The zero-order valence-electron chi connectivity index (χ0n) is 19.2. The number of carbonyl (C=O) groups is 3. The highest BCUT2D eigenvalue weighted by Gasteiger charge is 2.50. The minimum Gasteiger partial charge on any atom is -0.372 e. The summed E-state index contributed by atoms with van der Waals surface area (Å²) in [6, 6.07) is 20.5. The van der Waals surface area contributed by atoms with Crippen LogP contribution in [-0.4, -0.2) is 42.4 Å². The van der Waals surface area contributed by atoms with Gasteiger partial charge in [-0.15, -0.1) is 0 Å². The van der Waals surface area contributed by atoms with Gasteiger partial charge in [0.25, 0.3) is 5.91 Å². The lowest BCUT2D eigenvalue weighted by molar-refractivity contribution is -0.133. The molecule has 5 rings (SSSR count). The molecule has 2 aliphatic rings. The van der Waals surface area contributed by atoms with Crippen LogP contribution in [0.2, 0.25) is 0 Å². The summed E-state index contributed by atoms with van der Waals surface area (Å²) < 4.78 is 0. The fourth-order valence-electron chi connectivity index (χ4n) is 4.94. The van der Waals surface area contributed by atoms with Gasteiger partial charge < -0.3 is 15.5 Å². The van der Waals surface area contributed by atoms with Gasteiger partial charge in [-0.3, -0.25) is 14.5 Å². The molecule has 0 saturated carbocycles. The summed E-state index contributed by atoms with van der Waals surface area (Å²) in [4.78, 5) is 42.1. The van der Waals surface area contributed by atoms with Crippen LogP contribution in [-0.2, 0) is 15.1 Å². The van der Waals surface area contributed by atoms with E-state index >= 15 is 0 Å². The molecule has 2 saturated heterocycles. The van der Waals surface area contributed by atoms with Crippen LogP contribution in [0.15, 0.2) is 66.7 Å². The summed E-state index contributed by atoms with van der Waals surface area (Å²) in [5.74, 6) is -0.860. The Labute approximate surface area is 198 Å². The zero-order valence-corrected chi connectivity index (χ0v) is 19.2. The van der Waals surface area contributed by atoms with Gasteiger partial charge in [0.05, 0.1) is 0 Å². The maximum atomic E-state index is 13.3. The van der Waals surface area contributed by atoms with Crippen LogP contribution >= 0.6 is 0 Å². The van der Waals surface area contributed by atoms with Crippen LogP contribution in [0.3, 0.4) is 0 Å². The van der Waals surface area contributed by atoms with Crippen molar-refractivity contribution in [1.29, 1.82) is 0 Å². The van der Waals surface area contributed by atoms with Gasteiger partial charge in [0.1, 0.15) is 12.1 Å². The van der Waals surface area contributed by atoms with Crippen molar-refractivity contribution in [2.75, 3.05) is 29.9 Å². The molecule has 0 radical (unpaired) electrons. The second kappa shape index (κ2) is 8.82. The molecule has 3 aromatic carbocycles. The molecule has 2 N–H and O–H groups in total. The molecule has 0 aliphatic carbocycles. The SMILES string of the molecule is C[C@@]1(c2cccc3ccccc23)NC(=O)N(CC(=O)Nc2ccc(N3CCCCC3)cc2)C1=O. The molecule has 1 atom stereocenters. The molecule has 2 heterocycles. The van der Waals surface area contributed by atoms with Gasteiger partial charge in [0.2, 0.25) is 5.91 Å². The van der Waals surface area contributed by atoms with E-state index in [1.165, 1.54) is 19.3 Å². The smallest absolute Gasteiger partial charge is 0.325 e. The van der Waals surface area contributed by atoms with Gasteiger partial charge in [0, 0.05) is 24.5 Å². The van der Waals surface area contributed by atoms with E-state index in [0.717, 1.165) is 34.4 Å². The molecule has 7 nitrogen and oxygen atoms in total. The topological polar surface area (TPSA) is 81.8 Å². The number of piperidine rings is 1. The molecule has 4 amide bonds. The number of nitrogens with one attached hydrogen (secondary N) is 2. The number of amides is 4. The van der Waals surface area contributed by atoms with Crippen molar-refractivity contribution in [2.45, 2.75) is 31.7 Å². The number of anilines is 2. The average Bonchev–Trinajstić information content (AvgIpc) is 3.08. The third-order valence-corrected chi connectivity index (χ3v) is 6.78. The van der Waals surface area contributed by atoms with Crippen LogP contribution < -0.4 is 15.5 Å². The van der Waals surface area contributed by atoms with Gasteiger partial charge in [-0.25, -0.2) is 4.79 Å². The van der Waals surface area contributed by atoms with Crippen LogP contribution in [0.4, 0.5) is 16.2 Å². The Bertz CT molecular complexity index is 1240. The number of imide groups is 1. The largest absolute Gasteiger partial charge is 0.372 e. The summed E-state index contributed by atoms with van der Waals surface area (Å²) in [7, 11) is 0. The van der Waals surface area contributed by atoms with Gasteiger partial charge in [-0.1, -0.05) is 42.5 Å². The summed E-state index contributed by atoms with van der Waals surface area (Å²) in [5.41, 5.74) is 1.24. The molecule has 2 fully saturated rings. The standard InChI is InChI=1S/C27H28N4O3/c1-27(23-11-7-9-19-8-3-4-10-22(19)23)25(33)31(26(34)29-27)18-24(32)28-20-12-14-21(15-13-20)30-16-5-2-6-17-30/h3-4,7-15H,2,5-6,16-18H2,1H3,(H,28,32)(H,29,34)/t27-/m0/s1. The first-order valence-corrected chi connectivity index (χ1v) is 11.7. The lowest BCUT2D eigenvalue weighted by Gasteiger charge is -2.28. The van der Waals surface area contributed by atoms with Crippen molar-refractivity contribution in [3.63, 3.8) is 0 Å². The molecule has 0 unspecified atom stereocenters. The Balaban J connectivity index is 1.29. The molecular formula is C27H28N4O3. The third kappa shape index (κ3) is 3.98. The van der Waals surface area contributed by atoms with Crippen LogP contribution in [0, 0.1) is 0 Å². The Morgan fingerprint density at radius 2 is 1.65 bits per heavy atom. The number of hydrogen-bond donors (Lipinski definition) is 2. The van der Waals surface area contributed by atoms with Crippen LogP contribution in [0.5, 0.6) is 0 Å². The van der Waals surface area contributed by atoms with Crippen molar-refractivity contribution in [1.82, 2.24) is 10.2 Å². The van der Waals surface area contributed by atoms with E-state index in [0.29, 0.717) is 11.3 Å². The third-order valence-electron chi connectivity index (χ3n) is 6.78. The monoisotopic (exact) mass is 456 g/mol. The molecular weight excluding hydrogens is 428 g/mol. The van der Waals surface area contributed by atoms with E-state index in [-0.39, 0.29) is 6.54 Å². The van der Waals surface area contributed by atoms with E-state index in [4.69, 9.17) is 0 Å². The number of fused-ring (bicyclic) bond motifs is 1. The van der Waals surface area contributed by atoms with Crippen LogP contribution in [0.1, 0.15) is 31.7 Å². The van der Waals surface area contributed by atoms with Gasteiger partial charge in [-0.2, -0.15) is 0 Å². The minimum atomic E-state index is -1.24. The Morgan fingerprint density at radius 1 is 0.941 bits per heavy atom. The van der Waals surface area contributed by atoms with Gasteiger partial charge in [0.15, 0.2) is 0 Å². The number of benzene rings is 3. The lowest BCUT2D eigenvalue weighted by atomic mass is 9.88. The Kier molecular flexibility index (Phi) is 5.69. The Hall–Kier alpha value is -3.87. The Morgan fingerprint density at radius 3 is 2.41 bits per heavy atom. The predicted octanol–water partition coefficient (Wildman–Crippen LogP) is 4.24.